The van der Waals surface area contributed by atoms with E-state index in [1.165, 1.54) is 12.1 Å². The summed E-state index contributed by atoms with van der Waals surface area (Å²) in [6, 6.07) is 4.48. The molecule has 0 saturated carbocycles. The first-order valence-corrected chi connectivity index (χ1v) is 6.67. The van der Waals surface area contributed by atoms with Gasteiger partial charge in [0.15, 0.2) is 0 Å². The SMILES string of the molecule is CC(C)(C)N(CC(=O)O)CC1Cc2cc(F)ccc2O1. The van der Waals surface area contributed by atoms with Gasteiger partial charge in [-0.1, -0.05) is 0 Å². The van der Waals surface area contributed by atoms with Crippen molar-refractivity contribution < 1.29 is 19.0 Å². The number of benzene rings is 1. The normalized spacial score (nSPS) is 17.9. The van der Waals surface area contributed by atoms with Crippen molar-refractivity contribution in [2.45, 2.75) is 38.8 Å². The van der Waals surface area contributed by atoms with Crippen LogP contribution in [-0.2, 0) is 11.2 Å². The van der Waals surface area contributed by atoms with Crippen molar-refractivity contribution in [2.75, 3.05) is 13.1 Å². The van der Waals surface area contributed by atoms with Crippen LogP contribution in [-0.4, -0.2) is 40.7 Å². The molecule has 0 aromatic heterocycles. The molecule has 0 aliphatic carbocycles. The molecule has 1 unspecified atom stereocenters. The van der Waals surface area contributed by atoms with E-state index in [1.54, 1.807) is 6.07 Å². The van der Waals surface area contributed by atoms with Gasteiger partial charge < -0.3 is 9.84 Å². The first kappa shape index (κ1) is 14.8. The lowest BCUT2D eigenvalue weighted by molar-refractivity contribution is -0.140. The maximum Gasteiger partial charge on any atom is 0.317 e. The van der Waals surface area contributed by atoms with Gasteiger partial charge in [0.05, 0.1) is 6.54 Å². The molecule has 1 heterocycles. The van der Waals surface area contributed by atoms with E-state index in [-0.39, 0.29) is 24.0 Å². The third kappa shape index (κ3) is 3.48. The highest BCUT2D eigenvalue weighted by Gasteiger charge is 2.30. The Bertz CT molecular complexity index is 510. The topological polar surface area (TPSA) is 49.8 Å². The number of halogens is 1. The number of ether oxygens (including phenoxy) is 1. The van der Waals surface area contributed by atoms with Gasteiger partial charge in [-0.2, -0.15) is 0 Å². The van der Waals surface area contributed by atoms with Gasteiger partial charge in [-0.05, 0) is 39.0 Å². The maximum atomic E-state index is 13.2. The zero-order chi connectivity index (χ0) is 14.9. The summed E-state index contributed by atoms with van der Waals surface area (Å²) in [5.41, 5.74) is 0.584. The molecule has 1 aliphatic heterocycles. The number of hydrogen-bond donors (Lipinski definition) is 1. The van der Waals surface area contributed by atoms with Crippen LogP contribution in [0.1, 0.15) is 26.3 Å². The summed E-state index contributed by atoms with van der Waals surface area (Å²) in [4.78, 5) is 12.8. The van der Waals surface area contributed by atoms with Crippen molar-refractivity contribution in [1.82, 2.24) is 4.90 Å². The van der Waals surface area contributed by atoms with E-state index in [0.29, 0.717) is 18.7 Å². The summed E-state index contributed by atoms with van der Waals surface area (Å²) < 4.78 is 18.9. The quantitative estimate of drug-likeness (QED) is 0.920. The molecule has 1 aromatic carbocycles. The van der Waals surface area contributed by atoms with Crippen molar-refractivity contribution in [3.63, 3.8) is 0 Å². The first-order valence-electron chi connectivity index (χ1n) is 6.67. The minimum atomic E-state index is -0.860. The van der Waals surface area contributed by atoms with Crippen LogP contribution in [0.25, 0.3) is 0 Å². The number of rotatable bonds is 4. The second-order valence-electron chi connectivity index (χ2n) is 6.14. The van der Waals surface area contributed by atoms with Crippen LogP contribution in [0, 0.1) is 5.82 Å². The van der Waals surface area contributed by atoms with Gasteiger partial charge in [-0.3, -0.25) is 9.69 Å². The molecule has 4 nitrogen and oxygen atoms in total. The van der Waals surface area contributed by atoms with Gasteiger partial charge >= 0.3 is 5.97 Å². The lowest BCUT2D eigenvalue weighted by Crippen LogP contribution is -2.48. The summed E-state index contributed by atoms with van der Waals surface area (Å²) >= 11 is 0. The van der Waals surface area contributed by atoms with Crippen molar-refractivity contribution >= 4 is 5.97 Å². The summed E-state index contributed by atoms with van der Waals surface area (Å²) in [6.07, 6.45) is 0.476. The Morgan fingerprint density at radius 1 is 1.50 bits per heavy atom. The molecular formula is C15H20FNO3. The van der Waals surface area contributed by atoms with Crippen LogP contribution < -0.4 is 4.74 Å². The zero-order valence-electron chi connectivity index (χ0n) is 12.0. The number of hydrogen-bond acceptors (Lipinski definition) is 3. The average molecular weight is 281 g/mol. The van der Waals surface area contributed by atoms with E-state index in [4.69, 9.17) is 9.84 Å². The number of carboxylic acids is 1. The lowest BCUT2D eigenvalue weighted by atomic mass is 10.0. The molecule has 0 bridgehead atoms. The molecule has 1 atom stereocenters. The van der Waals surface area contributed by atoms with Gasteiger partial charge in [0.2, 0.25) is 0 Å². The van der Waals surface area contributed by atoms with Crippen LogP contribution in [0.3, 0.4) is 0 Å². The van der Waals surface area contributed by atoms with Crippen LogP contribution >= 0.6 is 0 Å². The standard InChI is InChI=1S/C15H20FNO3/c1-15(2,3)17(9-14(18)19)8-12-7-10-6-11(16)4-5-13(10)20-12/h4-6,12H,7-9H2,1-3H3,(H,18,19). The van der Waals surface area contributed by atoms with E-state index in [9.17, 15) is 9.18 Å². The first-order chi connectivity index (χ1) is 9.25. The monoisotopic (exact) mass is 281 g/mol. The second-order valence-corrected chi connectivity index (χ2v) is 6.14. The Kier molecular flexibility index (Phi) is 3.99. The fraction of sp³-hybridized carbons (Fsp3) is 0.533. The molecular weight excluding hydrogens is 261 g/mol. The van der Waals surface area contributed by atoms with E-state index < -0.39 is 5.97 Å². The van der Waals surface area contributed by atoms with Gasteiger partial charge in [0, 0.05) is 24.1 Å². The number of carboxylic acid groups (broad SMARTS) is 1. The maximum absolute atomic E-state index is 13.2. The van der Waals surface area contributed by atoms with Crippen LogP contribution in [0.15, 0.2) is 18.2 Å². The molecule has 2 rings (SSSR count). The predicted molar refractivity (Wildman–Crippen MR) is 73.5 cm³/mol. The van der Waals surface area contributed by atoms with Crippen molar-refractivity contribution in [2.24, 2.45) is 0 Å². The Labute approximate surface area is 118 Å². The molecule has 0 saturated heterocycles. The summed E-state index contributed by atoms with van der Waals surface area (Å²) in [7, 11) is 0. The molecule has 20 heavy (non-hydrogen) atoms. The Morgan fingerprint density at radius 3 is 2.80 bits per heavy atom. The molecule has 0 radical (unpaired) electrons. The van der Waals surface area contributed by atoms with E-state index in [2.05, 4.69) is 0 Å². The largest absolute Gasteiger partial charge is 0.488 e. The van der Waals surface area contributed by atoms with Gasteiger partial charge in [-0.25, -0.2) is 4.39 Å². The molecule has 1 aromatic rings. The molecule has 5 heteroatoms. The molecule has 0 spiro atoms. The average Bonchev–Trinajstić information content (AvgIpc) is 2.67. The number of carbonyl (C=O) groups is 1. The molecule has 1 N–H and O–H groups in total. The van der Waals surface area contributed by atoms with Crippen molar-refractivity contribution in [1.29, 1.82) is 0 Å². The highest BCUT2D eigenvalue weighted by atomic mass is 19.1. The van der Waals surface area contributed by atoms with Crippen LogP contribution in [0.2, 0.25) is 0 Å². The van der Waals surface area contributed by atoms with E-state index in [0.717, 1.165) is 5.56 Å². The minimum absolute atomic E-state index is 0.0337. The van der Waals surface area contributed by atoms with Crippen LogP contribution in [0.4, 0.5) is 4.39 Å². The fourth-order valence-corrected chi connectivity index (χ4v) is 2.38. The molecule has 110 valence electrons. The molecule has 1 aliphatic rings. The number of fused-ring (bicyclic) bond motifs is 1. The minimum Gasteiger partial charge on any atom is -0.488 e. The zero-order valence-corrected chi connectivity index (χ0v) is 12.0. The summed E-state index contributed by atoms with van der Waals surface area (Å²) in [6.45, 7) is 6.38. The molecule has 0 amide bonds. The highest BCUT2D eigenvalue weighted by Crippen LogP contribution is 2.30. The third-order valence-corrected chi connectivity index (χ3v) is 3.46. The Hall–Kier alpha value is -1.62. The predicted octanol–water partition coefficient (Wildman–Crippen LogP) is 2.31. The van der Waals surface area contributed by atoms with Gasteiger partial charge in [0.25, 0.3) is 0 Å². The van der Waals surface area contributed by atoms with E-state index >= 15 is 0 Å². The van der Waals surface area contributed by atoms with Crippen molar-refractivity contribution in [3.8, 4) is 5.75 Å². The number of aliphatic carboxylic acids is 1. The van der Waals surface area contributed by atoms with Gasteiger partial charge in [0.1, 0.15) is 17.7 Å². The van der Waals surface area contributed by atoms with Crippen LogP contribution in [0.5, 0.6) is 5.75 Å². The molecule has 0 fully saturated rings. The lowest BCUT2D eigenvalue weighted by Gasteiger charge is -2.35. The summed E-state index contributed by atoms with van der Waals surface area (Å²) in [5.74, 6) is -0.437. The Balaban J connectivity index is 2.05. The second kappa shape index (κ2) is 5.40. The van der Waals surface area contributed by atoms with Crippen molar-refractivity contribution in [3.05, 3.63) is 29.6 Å². The van der Waals surface area contributed by atoms with E-state index in [1.807, 2.05) is 25.7 Å². The Morgan fingerprint density at radius 2 is 2.20 bits per heavy atom. The highest BCUT2D eigenvalue weighted by molar-refractivity contribution is 5.69. The number of nitrogens with zero attached hydrogens (tertiary/aromatic N) is 1. The third-order valence-electron chi connectivity index (χ3n) is 3.46. The van der Waals surface area contributed by atoms with Gasteiger partial charge in [-0.15, -0.1) is 0 Å². The summed E-state index contributed by atoms with van der Waals surface area (Å²) in [5, 5.41) is 9.00. The fourth-order valence-electron chi connectivity index (χ4n) is 2.38. The smallest absolute Gasteiger partial charge is 0.317 e.